The number of carbonyl (C=O) groups is 2. The summed E-state index contributed by atoms with van der Waals surface area (Å²) in [5.74, 6) is 0.0458. The van der Waals surface area contributed by atoms with Crippen LogP contribution in [0.15, 0.2) is 36.4 Å². The summed E-state index contributed by atoms with van der Waals surface area (Å²) < 4.78 is 0. The number of nitrogen functional groups attached to an aromatic ring is 1. The van der Waals surface area contributed by atoms with Gasteiger partial charge in [-0.15, -0.1) is 0 Å². The van der Waals surface area contributed by atoms with Gasteiger partial charge in [-0.3, -0.25) is 9.59 Å². The standard InChI is InChI=1S/C16H16N2O2S/c1-10(19)21-12-8-15(20)18(9-12)14-7-3-5-11-4-2-6-13(17)16(11)14/h2-7,12H,8-9,17H2,1H3. The van der Waals surface area contributed by atoms with Gasteiger partial charge < -0.3 is 10.6 Å². The van der Waals surface area contributed by atoms with E-state index in [1.807, 2.05) is 36.4 Å². The molecule has 0 spiro atoms. The predicted molar refractivity (Wildman–Crippen MR) is 87.4 cm³/mol. The van der Waals surface area contributed by atoms with E-state index in [-0.39, 0.29) is 16.3 Å². The smallest absolute Gasteiger partial charge is 0.228 e. The van der Waals surface area contributed by atoms with E-state index in [9.17, 15) is 9.59 Å². The van der Waals surface area contributed by atoms with Crippen molar-refractivity contribution in [2.75, 3.05) is 17.2 Å². The first-order chi connectivity index (χ1) is 10.1. The number of hydrogen-bond donors (Lipinski definition) is 1. The van der Waals surface area contributed by atoms with E-state index in [0.29, 0.717) is 18.7 Å². The maximum Gasteiger partial charge on any atom is 0.228 e. The van der Waals surface area contributed by atoms with Crippen LogP contribution in [0.3, 0.4) is 0 Å². The van der Waals surface area contributed by atoms with Gasteiger partial charge in [-0.25, -0.2) is 0 Å². The molecular formula is C16H16N2O2S. The third-order valence-corrected chi connectivity index (χ3v) is 4.61. The number of nitrogens with zero attached hydrogens (tertiary/aromatic N) is 1. The molecule has 1 heterocycles. The van der Waals surface area contributed by atoms with Gasteiger partial charge in [0, 0.05) is 36.2 Å². The molecule has 0 aliphatic carbocycles. The van der Waals surface area contributed by atoms with E-state index < -0.39 is 0 Å². The molecule has 1 atom stereocenters. The number of fused-ring (bicyclic) bond motifs is 1. The lowest BCUT2D eigenvalue weighted by molar-refractivity contribution is -0.117. The number of rotatable bonds is 2. The molecule has 1 unspecified atom stereocenters. The van der Waals surface area contributed by atoms with Crippen LogP contribution in [0.1, 0.15) is 13.3 Å². The lowest BCUT2D eigenvalue weighted by Gasteiger charge is -2.19. The zero-order valence-electron chi connectivity index (χ0n) is 11.7. The van der Waals surface area contributed by atoms with Crippen molar-refractivity contribution in [3.05, 3.63) is 36.4 Å². The Morgan fingerprint density at radius 3 is 2.71 bits per heavy atom. The van der Waals surface area contributed by atoms with E-state index >= 15 is 0 Å². The second-order valence-corrected chi connectivity index (χ2v) is 6.64. The lowest BCUT2D eigenvalue weighted by atomic mass is 10.1. The number of hydrogen-bond acceptors (Lipinski definition) is 4. The van der Waals surface area contributed by atoms with Crippen molar-refractivity contribution in [1.29, 1.82) is 0 Å². The molecule has 5 heteroatoms. The monoisotopic (exact) mass is 300 g/mol. The molecule has 1 aliphatic heterocycles. The Kier molecular flexibility index (Phi) is 3.59. The van der Waals surface area contributed by atoms with Gasteiger partial charge in [0.25, 0.3) is 0 Å². The van der Waals surface area contributed by atoms with Crippen molar-refractivity contribution in [3.63, 3.8) is 0 Å². The molecule has 2 aromatic carbocycles. The van der Waals surface area contributed by atoms with Crippen LogP contribution < -0.4 is 10.6 Å². The molecule has 3 rings (SSSR count). The van der Waals surface area contributed by atoms with Crippen LogP contribution in [0.5, 0.6) is 0 Å². The Bertz CT molecular complexity index is 724. The van der Waals surface area contributed by atoms with E-state index in [0.717, 1.165) is 16.5 Å². The third-order valence-electron chi connectivity index (χ3n) is 3.63. The van der Waals surface area contributed by atoms with Crippen molar-refractivity contribution in [2.45, 2.75) is 18.6 Å². The molecule has 2 aromatic rings. The fourth-order valence-electron chi connectivity index (χ4n) is 2.80. The summed E-state index contributed by atoms with van der Waals surface area (Å²) >= 11 is 1.24. The van der Waals surface area contributed by atoms with E-state index in [4.69, 9.17) is 5.73 Å². The Labute approximate surface area is 127 Å². The summed E-state index contributed by atoms with van der Waals surface area (Å²) in [5.41, 5.74) is 7.59. The second-order valence-electron chi connectivity index (χ2n) is 5.16. The molecule has 0 saturated carbocycles. The van der Waals surface area contributed by atoms with Crippen molar-refractivity contribution in [1.82, 2.24) is 0 Å². The van der Waals surface area contributed by atoms with Gasteiger partial charge in [0.05, 0.1) is 5.69 Å². The molecule has 1 aliphatic rings. The van der Waals surface area contributed by atoms with Crippen molar-refractivity contribution >= 4 is 44.9 Å². The average Bonchev–Trinajstić information content (AvgIpc) is 2.78. The van der Waals surface area contributed by atoms with Gasteiger partial charge >= 0.3 is 0 Å². The Morgan fingerprint density at radius 1 is 1.29 bits per heavy atom. The van der Waals surface area contributed by atoms with Gasteiger partial charge in [-0.2, -0.15) is 0 Å². The maximum atomic E-state index is 12.3. The number of nitrogens with two attached hydrogens (primary N) is 1. The predicted octanol–water partition coefficient (Wildman–Crippen LogP) is 2.81. The Hall–Kier alpha value is -2.01. The van der Waals surface area contributed by atoms with Gasteiger partial charge in [0.1, 0.15) is 0 Å². The molecule has 1 saturated heterocycles. The molecule has 1 fully saturated rings. The largest absolute Gasteiger partial charge is 0.398 e. The van der Waals surface area contributed by atoms with Gasteiger partial charge in [-0.05, 0) is 17.5 Å². The number of carbonyl (C=O) groups excluding carboxylic acids is 2. The molecular weight excluding hydrogens is 284 g/mol. The van der Waals surface area contributed by atoms with Gasteiger partial charge in [-0.1, -0.05) is 36.0 Å². The minimum Gasteiger partial charge on any atom is -0.398 e. The summed E-state index contributed by atoms with van der Waals surface area (Å²) in [6.45, 7) is 2.09. The highest BCUT2D eigenvalue weighted by molar-refractivity contribution is 8.14. The van der Waals surface area contributed by atoms with Crippen LogP contribution in [-0.2, 0) is 9.59 Å². The van der Waals surface area contributed by atoms with Crippen LogP contribution >= 0.6 is 11.8 Å². The van der Waals surface area contributed by atoms with Crippen molar-refractivity contribution < 1.29 is 9.59 Å². The second kappa shape index (κ2) is 5.41. The van der Waals surface area contributed by atoms with Crippen LogP contribution in [0, 0.1) is 0 Å². The first-order valence-electron chi connectivity index (χ1n) is 6.81. The molecule has 1 amide bonds. The third kappa shape index (κ3) is 2.61. The topological polar surface area (TPSA) is 63.4 Å². The number of benzene rings is 2. The zero-order valence-corrected chi connectivity index (χ0v) is 12.5. The minimum absolute atomic E-state index is 0.0233. The van der Waals surface area contributed by atoms with Gasteiger partial charge in [0.2, 0.25) is 5.91 Å². The highest BCUT2D eigenvalue weighted by Crippen LogP contribution is 2.35. The summed E-state index contributed by atoms with van der Waals surface area (Å²) in [7, 11) is 0. The number of amides is 1. The van der Waals surface area contributed by atoms with Crippen LogP contribution in [0.25, 0.3) is 10.8 Å². The Morgan fingerprint density at radius 2 is 2.00 bits per heavy atom. The molecule has 2 N–H and O–H groups in total. The van der Waals surface area contributed by atoms with Gasteiger partial charge in [0.15, 0.2) is 5.12 Å². The molecule has 21 heavy (non-hydrogen) atoms. The molecule has 0 aromatic heterocycles. The highest BCUT2D eigenvalue weighted by Gasteiger charge is 2.32. The fraction of sp³-hybridized carbons (Fsp3) is 0.250. The fourth-order valence-corrected chi connectivity index (χ4v) is 3.71. The van der Waals surface area contributed by atoms with Crippen LogP contribution in [-0.4, -0.2) is 22.8 Å². The Balaban J connectivity index is 2.01. The molecule has 0 radical (unpaired) electrons. The summed E-state index contributed by atoms with van der Waals surface area (Å²) in [6, 6.07) is 11.6. The van der Waals surface area contributed by atoms with E-state index in [1.165, 1.54) is 18.7 Å². The normalized spacial score (nSPS) is 18.4. The molecule has 4 nitrogen and oxygen atoms in total. The number of anilines is 2. The van der Waals surface area contributed by atoms with Crippen molar-refractivity contribution in [2.24, 2.45) is 0 Å². The molecule has 0 bridgehead atoms. The first-order valence-corrected chi connectivity index (χ1v) is 7.69. The number of thioether (sulfide) groups is 1. The summed E-state index contributed by atoms with van der Waals surface area (Å²) in [6.07, 6.45) is 0.396. The summed E-state index contributed by atoms with van der Waals surface area (Å²) in [4.78, 5) is 25.3. The SMILES string of the molecule is CC(=O)SC1CC(=O)N(c2cccc3cccc(N)c23)C1. The van der Waals surface area contributed by atoms with Crippen molar-refractivity contribution in [3.8, 4) is 0 Å². The highest BCUT2D eigenvalue weighted by atomic mass is 32.2. The minimum atomic E-state index is 0.0233. The zero-order chi connectivity index (χ0) is 15.0. The van der Waals surface area contributed by atoms with Crippen LogP contribution in [0.2, 0.25) is 0 Å². The average molecular weight is 300 g/mol. The summed E-state index contributed by atoms with van der Waals surface area (Å²) in [5, 5.41) is 1.99. The van der Waals surface area contributed by atoms with Crippen LogP contribution in [0.4, 0.5) is 11.4 Å². The van der Waals surface area contributed by atoms with E-state index in [1.54, 1.807) is 4.90 Å². The lowest BCUT2D eigenvalue weighted by Crippen LogP contribution is -2.25. The first kappa shape index (κ1) is 13.9. The van der Waals surface area contributed by atoms with E-state index in [2.05, 4.69) is 0 Å². The molecule has 108 valence electrons. The quantitative estimate of drug-likeness (QED) is 0.866. The maximum absolute atomic E-state index is 12.3.